The van der Waals surface area contributed by atoms with E-state index in [1.807, 2.05) is 0 Å². The summed E-state index contributed by atoms with van der Waals surface area (Å²) in [6.45, 7) is 3.39. The molecule has 6 nitrogen and oxygen atoms in total. The van der Waals surface area contributed by atoms with Crippen molar-refractivity contribution in [3.63, 3.8) is 0 Å². The number of carbonyl (C=O) groups is 2. The maximum Gasteiger partial charge on any atom is 0.342 e. The number of esters is 1. The molecule has 1 aromatic rings. The van der Waals surface area contributed by atoms with Crippen molar-refractivity contribution >= 4 is 35.3 Å². The quantitative estimate of drug-likeness (QED) is 0.191. The molecule has 0 saturated carbocycles. The van der Waals surface area contributed by atoms with E-state index in [1.54, 1.807) is 20.1 Å². The monoisotopic (exact) mass is 323 g/mol. The van der Waals surface area contributed by atoms with Crippen molar-refractivity contribution < 1.29 is 19.2 Å². The standard InChI is InChI=1S/C15H17NO5S/c1-10(2)21-15(18)13(14(17)9-22-3)8-11-4-6-12(7-5-11)16(19)20/h4-8,10H,9H2,1-3H3. The maximum absolute atomic E-state index is 12.0. The Balaban J connectivity index is 3.10. The van der Waals surface area contributed by atoms with Crippen LogP contribution in [0.5, 0.6) is 0 Å². The summed E-state index contributed by atoms with van der Waals surface area (Å²) in [5.41, 5.74) is 0.409. The molecule has 0 N–H and O–H groups in total. The molecular weight excluding hydrogens is 306 g/mol. The molecule has 0 unspecified atom stereocenters. The van der Waals surface area contributed by atoms with Gasteiger partial charge in [0.25, 0.3) is 5.69 Å². The van der Waals surface area contributed by atoms with Crippen molar-refractivity contribution in [2.75, 3.05) is 12.0 Å². The van der Waals surface area contributed by atoms with Gasteiger partial charge in [0.1, 0.15) is 5.57 Å². The minimum atomic E-state index is -0.688. The molecule has 0 spiro atoms. The Bertz CT molecular complexity index is 592. The van der Waals surface area contributed by atoms with E-state index in [0.717, 1.165) is 0 Å². The van der Waals surface area contributed by atoms with E-state index < -0.39 is 10.9 Å². The lowest BCUT2D eigenvalue weighted by Gasteiger charge is -2.10. The van der Waals surface area contributed by atoms with E-state index in [1.165, 1.54) is 42.1 Å². The van der Waals surface area contributed by atoms with Gasteiger partial charge in [0, 0.05) is 12.1 Å². The number of ketones is 1. The molecule has 22 heavy (non-hydrogen) atoms. The average Bonchev–Trinajstić information content (AvgIpc) is 2.44. The normalized spacial score (nSPS) is 11.4. The fourth-order valence-electron chi connectivity index (χ4n) is 1.60. The number of nitro benzene ring substituents is 1. The molecule has 0 amide bonds. The fraction of sp³-hybridized carbons (Fsp3) is 0.333. The van der Waals surface area contributed by atoms with Crippen LogP contribution in [-0.4, -0.2) is 34.8 Å². The van der Waals surface area contributed by atoms with E-state index in [0.29, 0.717) is 5.56 Å². The van der Waals surface area contributed by atoms with E-state index in [9.17, 15) is 19.7 Å². The van der Waals surface area contributed by atoms with Gasteiger partial charge in [-0.05, 0) is 43.9 Å². The summed E-state index contributed by atoms with van der Waals surface area (Å²) in [7, 11) is 0. The van der Waals surface area contributed by atoms with Crippen LogP contribution in [0.25, 0.3) is 6.08 Å². The van der Waals surface area contributed by atoms with Gasteiger partial charge in [0.2, 0.25) is 0 Å². The summed E-state index contributed by atoms with van der Waals surface area (Å²) < 4.78 is 5.07. The van der Waals surface area contributed by atoms with E-state index >= 15 is 0 Å². The maximum atomic E-state index is 12.0. The third-order valence-electron chi connectivity index (χ3n) is 2.55. The lowest BCUT2D eigenvalue weighted by atomic mass is 10.1. The second-order valence-electron chi connectivity index (χ2n) is 4.72. The van der Waals surface area contributed by atoms with Gasteiger partial charge in [0.05, 0.1) is 16.8 Å². The number of rotatable bonds is 7. The molecule has 0 heterocycles. The molecule has 0 atom stereocenters. The average molecular weight is 323 g/mol. The molecule has 7 heteroatoms. The minimum absolute atomic E-state index is 0.0566. The van der Waals surface area contributed by atoms with E-state index in [2.05, 4.69) is 0 Å². The number of thioether (sulfide) groups is 1. The lowest BCUT2D eigenvalue weighted by Crippen LogP contribution is -2.20. The molecule has 0 saturated heterocycles. The van der Waals surface area contributed by atoms with Crippen molar-refractivity contribution in [1.29, 1.82) is 0 Å². The number of hydrogen-bond donors (Lipinski definition) is 0. The second-order valence-corrected chi connectivity index (χ2v) is 5.58. The van der Waals surface area contributed by atoms with Gasteiger partial charge in [-0.25, -0.2) is 4.79 Å². The molecule has 0 radical (unpaired) electrons. The van der Waals surface area contributed by atoms with Crippen molar-refractivity contribution in [3.8, 4) is 0 Å². The Hall–Kier alpha value is -2.15. The summed E-state index contributed by atoms with van der Waals surface area (Å²) >= 11 is 1.30. The number of ether oxygens (including phenoxy) is 1. The Kier molecular flexibility index (Phi) is 6.78. The first kappa shape index (κ1) is 17.9. The largest absolute Gasteiger partial charge is 0.459 e. The summed E-state index contributed by atoms with van der Waals surface area (Å²) in [6, 6.07) is 5.59. The van der Waals surface area contributed by atoms with Crippen LogP contribution >= 0.6 is 11.8 Å². The zero-order valence-corrected chi connectivity index (χ0v) is 13.4. The molecule has 0 fully saturated rings. The number of non-ortho nitro benzene ring substituents is 1. The second kappa shape index (κ2) is 8.33. The van der Waals surface area contributed by atoms with Gasteiger partial charge < -0.3 is 4.74 Å². The predicted molar refractivity (Wildman–Crippen MR) is 85.7 cm³/mol. The van der Waals surface area contributed by atoms with Crippen LogP contribution in [0, 0.1) is 10.1 Å². The van der Waals surface area contributed by atoms with Crippen LogP contribution in [-0.2, 0) is 14.3 Å². The van der Waals surface area contributed by atoms with Crippen molar-refractivity contribution in [3.05, 3.63) is 45.5 Å². The van der Waals surface area contributed by atoms with Crippen molar-refractivity contribution in [1.82, 2.24) is 0 Å². The third kappa shape index (κ3) is 5.33. The highest BCUT2D eigenvalue weighted by molar-refractivity contribution is 7.99. The number of nitrogens with zero attached hydrogens (tertiary/aromatic N) is 1. The number of Topliss-reactive ketones (excluding diaryl/α,β-unsaturated/α-hetero) is 1. The Morgan fingerprint density at radius 1 is 1.32 bits per heavy atom. The molecule has 0 aliphatic heterocycles. The molecule has 1 rings (SSSR count). The van der Waals surface area contributed by atoms with Crippen LogP contribution < -0.4 is 0 Å². The highest BCUT2D eigenvalue weighted by atomic mass is 32.2. The molecular formula is C15H17NO5S. The molecule has 0 aliphatic carbocycles. The Labute approximate surface area is 132 Å². The van der Waals surface area contributed by atoms with E-state index in [4.69, 9.17) is 4.74 Å². The van der Waals surface area contributed by atoms with Gasteiger partial charge >= 0.3 is 5.97 Å². The number of benzene rings is 1. The van der Waals surface area contributed by atoms with Gasteiger partial charge in [0.15, 0.2) is 5.78 Å². The Morgan fingerprint density at radius 2 is 1.91 bits per heavy atom. The van der Waals surface area contributed by atoms with Gasteiger partial charge in [-0.2, -0.15) is 11.8 Å². The van der Waals surface area contributed by atoms with Crippen LogP contribution in [0.15, 0.2) is 29.8 Å². The zero-order valence-electron chi connectivity index (χ0n) is 12.6. The highest BCUT2D eigenvalue weighted by Crippen LogP contribution is 2.16. The first-order valence-corrected chi connectivity index (χ1v) is 7.93. The number of carbonyl (C=O) groups excluding carboxylic acids is 2. The molecule has 1 aromatic carbocycles. The topological polar surface area (TPSA) is 86.5 Å². The summed E-state index contributed by atoms with van der Waals surface area (Å²) in [6.07, 6.45) is 2.82. The molecule has 0 aliphatic rings. The minimum Gasteiger partial charge on any atom is -0.459 e. The van der Waals surface area contributed by atoms with E-state index in [-0.39, 0.29) is 28.9 Å². The van der Waals surface area contributed by atoms with Crippen LogP contribution in [0.1, 0.15) is 19.4 Å². The van der Waals surface area contributed by atoms with Gasteiger partial charge in [-0.1, -0.05) is 0 Å². The fourth-order valence-corrected chi connectivity index (χ4v) is 2.02. The molecule has 0 bridgehead atoms. The number of nitro groups is 1. The predicted octanol–water partition coefficient (Wildman–Crippen LogP) is 2.86. The lowest BCUT2D eigenvalue weighted by molar-refractivity contribution is -0.384. The molecule has 118 valence electrons. The summed E-state index contributed by atoms with van der Waals surface area (Å²) in [4.78, 5) is 34.2. The van der Waals surface area contributed by atoms with Crippen molar-refractivity contribution in [2.45, 2.75) is 20.0 Å². The number of hydrogen-bond acceptors (Lipinski definition) is 6. The third-order valence-corrected chi connectivity index (χ3v) is 3.10. The van der Waals surface area contributed by atoms with Crippen LogP contribution in [0.4, 0.5) is 5.69 Å². The SMILES string of the molecule is CSCC(=O)C(=Cc1ccc([N+](=O)[O-])cc1)C(=O)OC(C)C. The molecule has 0 aromatic heterocycles. The first-order valence-electron chi connectivity index (χ1n) is 6.54. The van der Waals surface area contributed by atoms with Crippen LogP contribution in [0.2, 0.25) is 0 Å². The van der Waals surface area contributed by atoms with Crippen molar-refractivity contribution in [2.24, 2.45) is 0 Å². The summed E-state index contributed by atoms with van der Waals surface area (Å²) in [5.74, 6) is -0.865. The highest BCUT2D eigenvalue weighted by Gasteiger charge is 2.20. The zero-order chi connectivity index (χ0) is 16.7. The smallest absolute Gasteiger partial charge is 0.342 e. The van der Waals surface area contributed by atoms with Gasteiger partial charge in [-0.15, -0.1) is 0 Å². The summed E-state index contributed by atoms with van der Waals surface area (Å²) in [5, 5.41) is 10.6. The van der Waals surface area contributed by atoms with Gasteiger partial charge in [-0.3, -0.25) is 14.9 Å². The Morgan fingerprint density at radius 3 is 2.36 bits per heavy atom. The van der Waals surface area contributed by atoms with Crippen LogP contribution in [0.3, 0.4) is 0 Å². The first-order chi connectivity index (χ1) is 10.3.